The van der Waals surface area contributed by atoms with Gasteiger partial charge in [-0.1, -0.05) is 66.3 Å². The maximum Gasteiger partial charge on any atom is 0.338 e. The number of anilines is 2. The van der Waals surface area contributed by atoms with Gasteiger partial charge in [0.2, 0.25) is 11.1 Å². The Hall–Kier alpha value is -3.23. The third-order valence-corrected chi connectivity index (χ3v) is 6.68. The molecule has 0 bridgehead atoms. The van der Waals surface area contributed by atoms with Crippen LogP contribution in [0.15, 0.2) is 77.6 Å². The number of esters is 1. The summed E-state index contributed by atoms with van der Waals surface area (Å²) in [4.78, 5) is 19.7. The van der Waals surface area contributed by atoms with Gasteiger partial charge in [0.25, 0.3) is 0 Å². The average Bonchev–Trinajstić information content (AvgIpc) is 3.23. The number of hydrogen-bond acceptors (Lipinski definition) is 7. The number of nitrogens with one attached hydrogen (secondary N) is 1. The summed E-state index contributed by atoms with van der Waals surface area (Å²) in [6.45, 7) is 5.62. The Bertz CT molecular complexity index is 1240. The van der Waals surface area contributed by atoms with Gasteiger partial charge in [0.1, 0.15) is 12.6 Å². The molecule has 1 aliphatic rings. The Kier molecular flexibility index (Phi) is 7.29. The number of halogens is 1. The van der Waals surface area contributed by atoms with Crippen molar-refractivity contribution in [1.29, 1.82) is 0 Å². The third kappa shape index (κ3) is 4.98. The first-order valence-electron chi connectivity index (χ1n) is 10.7. The minimum atomic E-state index is -0.480. The van der Waals surface area contributed by atoms with Crippen LogP contribution in [0.3, 0.4) is 0 Å². The van der Waals surface area contributed by atoms with E-state index in [0.717, 1.165) is 16.8 Å². The van der Waals surface area contributed by atoms with Crippen LogP contribution < -0.4 is 10.2 Å². The van der Waals surface area contributed by atoms with Gasteiger partial charge < -0.3 is 15.0 Å². The van der Waals surface area contributed by atoms with Gasteiger partial charge in [-0.2, -0.15) is 4.98 Å². The van der Waals surface area contributed by atoms with Crippen molar-refractivity contribution >= 4 is 41.0 Å². The third-order valence-electron chi connectivity index (χ3n) is 5.43. The zero-order valence-electron chi connectivity index (χ0n) is 19.3. The van der Waals surface area contributed by atoms with Gasteiger partial charge in [0.15, 0.2) is 0 Å². The SMILES string of the molecule is C=CCOC(=O)C1=C(C)Nc2nc(SCc3ccccc3Cl)nn2C1c1ccc(N(C)C)cc1. The van der Waals surface area contributed by atoms with Crippen LogP contribution in [-0.4, -0.2) is 41.4 Å². The van der Waals surface area contributed by atoms with Gasteiger partial charge in [-0.05, 0) is 36.2 Å². The molecule has 3 aromatic rings. The summed E-state index contributed by atoms with van der Waals surface area (Å²) in [7, 11) is 3.97. The van der Waals surface area contributed by atoms with Crippen LogP contribution in [0.5, 0.6) is 0 Å². The Labute approximate surface area is 208 Å². The fourth-order valence-electron chi connectivity index (χ4n) is 3.69. The van der Waals surface area contributed by atoms with Crippen molar-refractivity contribution in [1.82, 2.24) is 14.8 Å². The number of fused-ring (bicyclic) bond motifs is 1. The second kappa shape index (κ2) is 10.4. The number of benzene rings is 2. The molecule has 4 rings (SSSR count). The lowest BCUT2D eigenvalue weighted by Crippen LogP contribution is -2.29. The molecule has 1 aliphatic heterocycles. The van der Waals surface area contributed by atoms with E-state index in [4.69, 9.17) is 21.4 Å². The van der Waals surface area contributed by atoms with Crippen LogP contribution >= 0.6 is 23.4 Å². The zero-order valence-corrected chi connectivity index (χ0v) is 20.9. The molecule has 1 atom stereocenters. The van der Waals surface area contributed by atoms with E-state index >= 15 is 0 Å². The highest BCUT2D eigenvalue weighted by Gasteiger charge is 2.35. The minimum absolute atomic E-state index is 0.130. The predicted molar refractivity (Wildman–Crippen MR) is 137 cm³/mol. The second-order valence-electron chi connectivity index (χ2n) is 7.98. The largest absolute Gasteiger partial charge is 0.458 e. The molecule has 2 heterocycles. The number of allylic oxidation sites excluding steroid dienone is 1. The lowest BCUT2D eigenvalue weighted by Gasteiger charge is -2.28. The summed E-state index contributed by atoms with van der Waals surface area (Å²) >= 11 is 7.79. The standard InChI is InChI=1S/C25H26ClN5O2S/c1-5-14-33-23(32)21-16(2)27-24-28-25(34-15-18-8-6-7-9-20(18)26)29-31(24)22(21)17-10-12-19(13-11-17)30(3)4/h5-13,22H,1,14-15H2,2-4H3,(H,27,28,29). The van der Waals surface area contributed by atoms with E-state index in [1.165, 1.54) is 11.8 Å². The van der Waals surface area contributed by atoms with Gasteiger partial charge >= 0.3 is 5.97 Å². The lowest BCUT2D eigenvalue weighted by atomic mass is 9.95. The number of ether oxygens (including phenoxy) is 1. The number of thioether (sulfide) groups is 1. The van der Waals surface area contributed by atoms with Crippen molar-refractivity contribution in [2.24, 2.45) is 0 Å². The summed E-state index contributed by atoms with van der Waals surface area (Å²) in [5, 5.41) is 9.27. The van der Waals surface area contributed by atoms with Crippen molar-refractivity contribution in [3.8, 4) is 0 Å². The summed E-state index contributed by atoms with van der Waals surface area (Å²) in [6.07, 6.45) is 1.55. The van der Waals surface area contributed by atoms with Crippen molar-refractivity contribution < 1.29 is 9.53 Å². The number of carbonyl (C=O) groups excluding carboxylic acids is 1. The molecule has 1 unspecified atom stereocenters. The second-order valence-corrected chi connectivity index (χ2v) is 9.33. The Morgan fingerprint density at radius 3 is 2.68 bits per heavy atom. The van der Waals surface area contributed by atoms with Crippen molar-refractivity contribution in [3.63, 3.8) is 0 Å². The normalized spacial score (nSPS) is 14.9. The van der Waals surface area contributed by atoms with Gasteiger partial charge in [0.05, 0.1) is 5.57 Å². The number of aromatic nitrogens is 3. The molecule has 7 nitrogen and oxygen atoms in total. The highest BCUT2D eigenvalue weighted by Crippen LogP contribution is 2.37. The van der Waals surface area contributed by atoms with E-state index < -0.39 is 12.0 Å². The van der Waals surface area contributed by atoms with E-state index in [-0.39, 0.29) is 6.61 Å². The van der Waals surface area contributed by atoms with Gasteiger partial charge in [-0.3, -0.25) is 0 Å². The van der Waals surface area contributed by atoms with Gasteiger partial charge in [-0.25, -0.2) is 9.48 Å². The molecule has 1 N–H and O–H groups in total. The smallest absolute Gasteiger partial charge is 0.338 e. The molecule has 176 valence electrons. The van der Waals surface area contributed by atoms with Crippen LogP contribution in [0.1, 0.15) is 24.1 Å². The van der Waals surface area contributed by atoms with Crippen LogP contribution in [0.4, 0.5) is 11.6 Å². The van der Waals surface area contributed by atoms with E-state index in [1.54, 1.807) is 10.8 Å². The molecule has 9 heteroatoms. The number of nitrogens with zero attached hydrogens (tertiary/aromatic N) is 4. The quantitative estimate of drug-likeness (QED) is 0.258. The van der Waals surface area contributed by atoms with Crippen LogP contribution in [0, 0.1) is 0 Å². The topological polar surface area (TPSA) is 72.3 Å². The zero-order chi connectivity index (χ0) is 24.2. The van der Waals surface area contributed by atoms with E-state index in [0.29, 0.717) is 33.2 Å². The van der Waals surface area contributed by atoms with Crippen molar-refractivity contribution in [3.05, 3.63) is 88.6 Å². The number of rotatable bonds is 8. The fourth-order valence-corrected chi connectivity index (χ4v) is 4.80. The first-order chi connectivity index (χ1) is 16.4. The number of hydrogen-bond donors (Lipinski definition) is 1. The molecular formula is C25H26ClN5O2S. The molecule has 0 aliphatic carbocycles. The summed E-state index contributed by atoms with van der Waals surface area (Å²) in [6, 6.07) is 15.3. The predicted octanol–water partition coefficient (Wildman–Crippen LogP) is 5.31. The molecule has 0 saturated heterocycles. The van der Waals surface area contributed by atoms with E-state index in [1.807, 2.05) is 74.4 Å². The molecular weight excluding hydrogens is 470 g/mol. The Morgan fingerprint density at radius 1 is 1.26 bits per heavy atom. The lowest BCUT2D eigenvalue weighted by molar-refractivity contribution is -0.138. The molecule has 1 aromatic heterocycles. The van der Waals surface area contributed by atoms with Crippen molar-refractivity contribution in [2.45, 2.75) is 23.9 Å². The molecule has 0 saturated carbocycles. The summed E-state index contributed by atoms with van der Waals surface area (Å²) in [5.41, 5.74) is 4.14. The average molecular weight is 496 g/mol. The van der Waals surface area contributed by atoms with Gasteiger partial charge in [-0.15, -0.1) is 5.10 Å². The molecule has 0 radical (unpaired) electrons. The van der Waals surface area contributed by atoms with Crippen LogP contribution in [0.25, 0.3) is 0 Å². The minimum Gasteiger partial charge on any atom is -0.458 e. The first kappa shape index (κ1) is 23.9. The Morgan fingerprint density at radius 2 is 2.00 bits per heavy atom. The molecule has 0 amide bonds. The van der Waals surface area contributed by atoms with Crippen LogP contribution in [-0.2, 0) is 15.3 Å². The summed E-state index contributed by atoms with van der Waals surface area (Å²) in [5.74, 6) is 0.783. The molecule has 0 fully saturated rings. The highest BCUT2D eigenvalue weighted by molar-refractivity contribution is 7.98. The molecule has 34 heavy (non-hydrogen) atoms. The maximum absolute atomic E-state index is 13.0. The van der Waals surface area contributed by atoms with E-state index in [9.17, 15) is 4.79 Å². The highest BCUT2D eigenvalue weighted by atomic mass is 35.5. The maximum atomic E-state index is 13.0. The van der Waals surface area contributed by atoms with E-state index in [2.05, 4.69) is 16.9 Å². The monoisotopic (exact) mass is 495 g/mol. The van der Waals surface area contributed by atoms with Crippen molar-refractivity contribution in [2.75, 3.05) is 30.9 Å². The van der Waals surface area contributed by atoms with Crippen LogP contribution in [0.2, 0.25) is 5.02 Å². The Balaban J connectivity index is 1.70. The molecule has 2 aromatic carbocycles. The first-order valence-corrected chi connectivity index (χ1v) is 12.1. The number of carbonyl (C=O) groups is 1. The molecule has 0 spiro atoms. The summed E-state index contributed by atoms with van der Waals surface area (Å²) < 4.78 is 7.16. The fraction of sp³-hybridized carbons (Fsp3) is 0.240. The van der Waals surface area contributed by atoms with Gasteiger partial charge in [0, 0.05) is 36.3 Å².